The molecule has 5 aliphatic carbocycles. The first-order valence-electron chi connectivity index (χ1n) is 17.8. The van der Waals surface area contributed by atoms with Gasteiger partial charge in [-0.2, -0.15) is 0 Å². The van der Waals surface area contributed by atoms with Crippen molar-refractivity contribution in [3.8, 4) is 0 Å². The van der Waals surface area contributed by atoms with Crippen molar-refractivity contribution in [2.75, 3.05) is 7.11 Å². The molecular formula is C40H56N2O3. The normalized spacial score (nSPS) is 41.9. The van der Waals surface area contributed by atoms with Gasteiger partial charge in [0.2, 0.25) is 5.91 Å². The van der Waals surface area contributed by atoms with Crippen LogP contribution in [0.2, 0.25) is 0 Å². The zero-order valence-corrected chi connectivity index (χ0v) is 29.1. The van der Waals surface area contributed by atoms with Crippen molar-refractivity contribution in [1.82, 2.24) is 10.3 Å². The van der Waals surface area contributed by atoms with E-state index in [0.717, 1.165) is 32.1 Å². The molecule has 0 spiro atoms. The maximum Gasteiger partial charge on any atom is 0.328 e. The van der Waals surface area contributed by atoms with Crippen molar-refractivity contribution in [2.45, 2.75) is 118 Å². The van der Waals surface area contributed by atoms with Crippen LogP contribution in [0.3, 0.4) is 0 Å². The number of aromatic amines is 1. The number of carbonyl (C=O) groups excluding carboxylic acids is 2. The molecule has 0 bridgehead atoms. The van der Waals surface area contributed by atoms with Crippen LogP contribution in [-0.2, 0) is 26.2 Å². The average Bonchev–Trinajstić information content (AvgIpc) is 3.57. The number of amides is 1. The standard InChI is InChI=1S/C40H56N2O3/c1-23(2)25-16-19-40(35(44)41-24(3)34(43)45-9)21-20-38(7)28(32(25)40)14-15-31-37(6)22-27-26-12-10-11-13-29(26)42-33(27)36(4,5)30(37)17-18-39(31,38)8/h10-13,24-25,28,30-32,42H,1,14-22H2,2-9H3,(H,41,44)/t24-,25+,28-,30+,31-,32-,37+,38-,39-,40+/m1/s1. The van der Waals surface area contributed by atoms with Gasteiger partial charge in [0, 0.05) is 22.0 Å². The average molecular weight is 613 g/mol. The third-order valence-corrected chi connectivity index (χ3v) is 15.6. The number of methoxy groups -OCH3 is 1. The molecule has 1 heterocycles. The van der Waals surface area contributed by atoms with Crippen molar-refractivity contribution in [1.29, 1.82) is 0 Å². The zero-order chi connectivity index (χ0) is 32.3. The molecule has 2 N–H and O–H groups in total. The highest BCUT2D eigenvalue weighted by atomic mass is 16.5. The van der Waals surface area contributed by atoms with Gasteiger partial charge in [0.15, 0.2) is 0 Å². The molecule has 10 atom stereocenters. The highest BCUT2D eigenvalue weighted by Crippen LogP contribution is 2.77. The second kappa shape index (κ2) is 9.97. The highest BCUT2D eigenvalue weighted by Gasteiger charge is 2.72. The topological polar surface area (TPSA) is 71.2 Å². The number of nitrogens with one attached hydrogen (secondary N) is 2. The number of benzene rings is 1. The van der Waals surface area contributed by atoms with E-state index >= 15 is 0 Å². The molecule has 1 aromatic carbocycles. The van der Waals surface area contributed by atoms with E-state index in [9.17, 15) is 9.59 Å². The predicted molar refractivity (Wildman–Crippen MR) is 181 cm³/mol. The molecule has 244 valence electrons. The van der Waals surface area contributed by atoms with Crippen LogP contribution in [0.5, 0.6) is 0 Å². The minimum Gasteiger partial charge on any atom is -0.467 e. The quantitative estimate of drug-likeness (QED) is 0.269. The molecule has 45 heavy (non-hydrogen) atoms. The molecule has 4 saturated carbocycles. The maximum atomic E-state index is 14.3. The lowest BCUT2D eigenvalue weighted by atomic mass is 9.32. The van der Waals surface area contributed by atoms with E-state index in [-0.39, 0.29) is 39.5 Å². The number of ether oxygens (including phenoxy) is 1. The minimum absolute atomic E-state index is 0.0695. The number of esters is 1. The van der Waals surface area contributed by atoms with Crippen molar-refractivity contribution in [3.05, 3.63) is 47.7 Å². The third kappa shape index (κ3) is 3.91. The summed E-state index contributed by atoms with van der Waals surface area (Å²) in [6.45, 7) is 21.4. The number of fused-ring (bicyclic) bond motifs is 10. The fourth-order valence-electron chi connectivity index (χ4n) is 13.4. The van der Waals surface area contributed by atoms with E-state index in [1.165, 1.54) is 55.0 Å². The van der Waals surface area contributed by atoms with Crippen LogP contribution < -0.4 is 5.32 Å². The summed E-state index contributed by atoms with van der Waals surface area (Å²) in [5.41, 5.74) is 5.76. The molecule has 2 aromatic rings. The Morgan fingerprint density at radius 3 is 2.40 bits per heavy atom. The summed E-state index contributed by atoms with van der Waals surface area (Å²) < 4.78 is 4.98. The van der Waals surface area contributed by atoms with Crippen LogP contribution >= 0.6 is 0 Å². The van der Waals surface area contributed by atoms with E-state index in [1.54, 1.807) is 12.5 Å². The number of H-pyrrole nitrogens is 1. The molecule has 0 radical (unpaired) electrons. The zero-order valence-electron chi connectivity index (χ0n) is 29.1. The van der Waals surface area contributed by atoms with Gasteiger partial charge in [0.25, 0.3) is 0 Å². The van der Waals surface area contributed by atoms with Gasteiger partial charge in [0.05, 0.1) is 12.5 Å². The first-order chi connectivity index (χ1) is 21.2. The van der Waals surface area contributed by atoms with Crippen LogP contribution in [0.15, 0.2) is 36.4 Å². The van der Waals surface area contributed by atoms with Gasteiger partial charge in [-0.3, -0.25) is 4.79 Å². The minimum atomic E-state index is -0.637. The van der Waals surface area contributed by atoms with Crippen LogP contribution in [0, 0.1) is 51.2 Å². The Balaban J connectivity index is 1.28. The smallest absolute Gasteiger partial charge is 0.328 e. The molecule has 5 heteroatoms. The number of hydrogen-bond acceptors (Lipinski definition) is 3. The van der Waals surface area contributed by atoms with E-state index < -0.39 is 11.5 Å². The van der Waals surface area contributed by atoms with Gasteiger partial charge in [-0.1, -0.05) is 65.0 Å². The summed E-state index contributed by atoms with van der Waals surface area (Å²) in [5.74, 6) is 2.05. The molecule has 5 nitrogen and oxygen atoms in total. The van der Waals surface area contributed by atoms with Gasteiger partial charge >= 0.3 is 5.97 Å². The summed E-state index contributed by atoms with van der Waals surface area (Å²) in [6.07, 6.45) is 9.95. The Labute approximate surface area is 270 Å². The van der Waals surface area contributed by atoms with Crippen molar-refractivity contribution >= 4 is 22.8 Å². The number of allylic oxidation sites excluding steroid dienone is 1. The summed E-state index contributed by atoms with van der Waals surface area (Å²) in [7, 11) is 1.39. The molecule has 4 fully saturated rings. The second-order valence-electron chi connectivity index (χ2n) is 17.5. The molecule has 5 aliphatic rings. The fraction of sp³-hybridized carbons (Fsp3) is 0.700. The first kappa shape index (κ1) is 31.1. The Morgan fingerprint density at radius 2 is 1.69 bits per heavy atom. The molecule has 7 rings (SSSR count). The predicted octanol–water partition coefficient (Wildman–Crippen LogP) is 8.52. The van der Waals surface area contributed by atoms with E-state index in [1.807, 2.05) is 0 Å². The third-order valence-electron chi connectivity index (χ3n) is 15.6. The lowest BCUT2D eigenvalue weighted by molar-refractivity contribution is -0.225. The second-order valence-corrected chi connectivity index (χ2v) is 17.5. The van der Waals surface area contributed by atoms with Crippen molar-refractivity contribution in [2.24, 2.45) is 51.2 Å². The van der Waals surface area contributed by atoms with Gasteiger partial charge in [-0.25, -0.2) is 4.79 Å². The first-order valence-corrected chi connectivity index (χ1v) is 17.8. The molecule has 0 aliphatic heterocycles. The van der Waals surface area contributed by atoms with Gasteiger partial charge in [-0.15, -0.1) is 0 Å². The summed E-state index contributed by atoms with van der Waals surface area (Å²) in [5, 5.41) is 4.54. The van der Waals surface area contributed by atoms with Crippen LogP contribution in [0.4, 0.5) is 0 Å². The van der Waals surface area contributed by atoms with E-state index in [0.29, 0.717) is 23.7 Å². The Hall–Kier alpha value is -2.56. The van der Waals surface area contributed by atoms with E-state index in [2.05, 4.69) is 82.7 Å². The van der Waals surface area contributed by atoms with Gasteiger partial charge < -0.3 is 15.0 Å². The van der Waals surface area contributed by atoms with E-state index in [4.69, 9.17) is 4.74 Å². The summed E-state index contributed by atoms with van der Waals surface area (Å²) >= 11 is 0. The molecular weight excluding hydrogens is 556 g/mol. The van der Waals surface area contributed by atoms with Crippen LogP contribution in [-0.4, -0.2) is 30.0 Å². The lowest BCUT2D eigenvalue weighted by Crippen LogP contribution is -2.67. The summed E-state index contributed by atoms with van der Waals surface area (Å²) in [6, 6.07) is 8.30. The number of aromatic nitrogens is 1. The molecule has 1 aromatic heterocycles. The fourth-order valence-corrected chi connectivity index (χ4v) is 13.4. The number of rotatable bonds is 4. The van der Waals surface area contributed by atoms with Gasteiger partial charge in [0.1, 0.15) is 6.04 Å². The number of carbonyl (C=O) groups is 2. The Bertz CT molecular complexity index is 1570. The summed E-state index contributed by atoms with van der Waals surface area (Å²) in [4.78, 5) is 30.5. The number of hydrogen-bond donors (Lipinski definition) is 2. The Morgan fingerprint density at radius 1 is 0.956 bits per heavy atom. The molecule has 0 saturated heterocycles. The Kier molecular flexibility index (Phi) is 6.88. The SMILES string of the molecule is C=C(C)[C@@H]1CC[C@]2(C(=O)N[C@H](C)C(=O)OC)CC[C@]3(C)[C@H](CC[C@@H]4[C@@]5(C)Cc6c([nH]c7ccccc67)C(C)(C)[C@@H]5CC[C@]43C)[C@@H]12. The molecule has 0 unspecified atom stereocenters. The van der Waals surface area contributed by atoms with Crippen molar-refractivity contribution < 1.29 is 14.3 Å². The maximum absolute atomic E-state index is 14.3. The van der Waals surface area contributed by atoms with Crippen molar-refractivity contribution in [3.63, 3.8) is 0 Å². The largest absolute Gasteiger partial charge is 0.467 e. The van der Waals surface area contributed by atoms with Crippen LogP contribution in [0.1, 0.15) is 111 Å². The lowest BCUT2D eigenvalue weighted by Gasteiger charge is -2.72. The highest BCUT2D eigenvalue weighted by molar-refractivity contribution is 5.89. The molecule has 1 amide bonds. The number of para-hydroxylation sites is 1. The monoisotopic (exact) mass is 612 g/mol. The van der Waals surface area contributed by atoms with Gasteiger partial charge in [-0.05, 0) is 129 Å². The van der Waals surface area contributed by atoms with Crippen LogP contribution in [0.25, 0.3) is 10.9 Å².